The van der Waals surface area contributed by atoms with Crippen LogP contribution >= 0.6 is 11.6 Å². The van der Waals surface area contributed by atoms with Crippen LogP contribution in [-0.4, -0.2) is 33.2 Å². The van der Waals surface area contributed by atoms with Crippen molar-refractivity contribution in [3.05, 3.63) is 93.0 Å². The van der Waals surface area contributed by atoms with E-state index < -0.39 is 28.8 Å². The number of carbonyl (C=O) groups excluding carboxylic acids is 1. The molecule has 1 aliphatic rings. The number of nitrogens with two attached hydrogens (primary N) is 1. The van der Waals surface area contributed by atoms with E-state index in [0.717, 1.165) is 18.2 Å². The number of nitrogens with one attached hydrogen (secondary N) is 1. The minimum Gasteiger partial charge on any atom is -0.403 e. The Bertz CT molecular complexity index is 1470. The van der Waals surface area contributed by atoms with Gasteiger partial charge in [-0.2, -0.15) is 0 Å². The third-order valence-electron chi connectivity index (χ3n) is 6.33. The van der Waals surface area contributed by atoms with Gasteiger partial charge in [-0.25, -0.2) is 13.8 Å². The zero-order valence-electron chi connectivity index (χ0n) is 20.2. The van der Waals surface area contributed by atoms with Crippen molar-refractivity contribution in [3.63, 3.8) is 0 Å². The molecule has 2 atom stereocenters. The zero-order valence-corrected chi connectivity index (χ0v) is 21.0. The number of rotatable bonds is 2. The second-order valence-corrected chi connectivity index (χ2v) is 9.10. The Balaban J connectivity index is 1.82. The molecule has 2 aromatic heterocycles. The molecule has 192 valence electrons. The summed E-state index contributed by atoms with van der Waals surface area (Å²) in [5.74, 6) is -2.40. The molecular weight excluding hydrogens is 502 g/mol. The molecule has 2 bridgehead atoms. The van der Waals surface area contributed by atoms with E-state index in [0.29, 0.717) is 41.9 Å². The minimum absolute atomic E-state index is 0.169. The number of carbonyl (C=O) groups is 1. The van der Waals surface area contributed by atoms with Crippen molar-refractivity contribution in [3.8, 4) is 11.3 Å². The maximum Gasteiger partial charge on any atom is 0.254 e. The first-order valence-electron chi connectivity index (χ1n) is 11.6. The van der Waals surface area contributed by atoms with Crippen molar-refractivity contribution in [1.82, 2.24) is 19.9 Å². The number of halogens is 3. The molecule has 0 saturated carbocycles. The van der Waals surface area contributed by atoms with Crippen LogP contribution in [0.5, 0.6) is 0 Å². The minimum atomic E-state index is -0.992. The first-order chi connectivity index (χ1) is 17.7. The fourth-order valence-corrected chi connectivity index (χ4v) is 4.50. The summed E-state index contributed by atoms with van der Waals surface area (Å²) in [7, 11) is 1.58. The average Bonchev–Trinajstić information content (AvgIpc) is 2.89. The number of hydrogen-bond acceptors (Lipinski definition) is 6. The Morgan fingerprint density at radius 1 is 1.19 bits per heavy atom. The predicted molar refractivity (Wildman–Crippen MR) is 137 cm³/mol. The Kier molecular flexibility index (Phi) is 7.77. The number of benzene rings is 1. The second kappa shape index (κ2) is 11.0. The molecule has 37 heavy (non-hydrogen) atoms. The van der Waals surface area contributed by atoms with Gasteiger partial charge in [0.25, 0.3) is 5.56 Å². The molecule has 2 unspecified atom stereocenters. The van der Waals surface area contributed by atoms with Gasteiger partial charge >= 0.3 is 0 Å². The first-order valence-corrected chi connectivity index (χ1v) is 12.0. The molecule has 0 radical (unpaired) electrons. The van der Waals surface area contributed by atoms with Gasteiger partial charge in [-0.3, -0.25) is 24.1 Å². The fraction of sp³-hybridized carbons (Fsp3) is 0.269. The number of allylic oxidation sites excluding steroid dienone is 1. The average molecular weight is 527 g/mol. The quantitative estimate of drug-likeness (QED) is 0.490. The second-order valence-electron chi connectivity index (χ2n) is 8.70. The molecule has 3 aromatic rings. The van der Waals surface area contributed by atoms with Crippen LogP contribution in [-0.2, 0) is 4.79 Å². The molecule has 0 spiro atoms. The van der Waals surface area contributed by atoms with E-state index in [9.17, 15) is 18.4 Å². The van der Waals surface area contributed by atoms with Crippen molar-refractivity contribution in [2.24, 2.45) is 16.6 Å². The van der Waals surface area contributed by atoms with Crippen LogP contribution in [0.15, 0.2) is 64.5 Å². The molecule has 8 nitrogen and oxygen atoms in total. The summed E-state index contributed by atoms with van der Waals surface area (Å²) < 4.78 is 30.3. The molecule has 1 amide bonds. The third kappa shape index (κ3) is 5.29. The van der Waals surface area contributed by atoms with Gasteiger partial charge in [-0.1, -0.05) is 24.9 Å². The summed E-state index contributed by atoms with van der Waals surface area (Å²) in [4.78, 5) is 38.9. The van der Waals surface area contributed by atoms with Gasteiger partial charge in [-0.05, 0) is 37.1 Å². The smallest absolute Gasteiger partial charge is 0.254 e. The summed E-state index contributed by atoms with van der Waals surface area (Å²) in [6.07, 6.45) is 5.71. The number of aliphatic imine (C=N–C) groups is 1. The number of aromatic nitrogens is 3. The van der Waals surface area contributed by atoms with Crippen LogP contribution in [0, 0.1) is 17.6 Å². The van der Waals surface area contributed by atoms with E-state index >= 15 is 0 Å². The van der Waals surface area contributed by atoms with Gasteiger partial charge in [0.2, 0.25) is 5.91 Å². The lowest BCUT2D eigenvalue weighted by Crippen LogP contribution is -2.33. The molecule has 3 heterocycles. The molecule has 0 fully saturated rings. The summed E-state index contributed by atoms with van der Waals surface area (Å²) in [5.41, 5.74) is 6.66. The summed E-state index contributed by atoms with van der Waals surface area (Å²) in [5, 5.41) is 2.56. The number of hydrogen-bond donors (Lipinski definition) is 2. The summed E-state index contributed by atoms with van der Waals surface area (Å²) in [6.45, 7) is 1.81. The largest absolute Gasteiger partial charge is 0.403 e. The van der Waals surface area contributed by atoms with Crippen LogP contribution in [0.2, 0.25) is 5.02 Å². The van der Waals surface area contributed by atoms with E-state index in [1.165, 1.54) is 17.1 Å². The third-order valence-corrected chi connectivity index (χ3v) is 6.63. The van der Waals surface area contributed by atoms with Crippen LogP contribution in [0.1, 0.15) is 43.5 Å². The van der Waals surface area contributed by atoms with E-state index in [2.05, 4.69) is 20.3 Å². The predicted octanol–water partition coefficient (Wildman–Crippen LogP) is 3.98. The van der Waals surface area contributed by atoms with Crippen LogP contribution < -0.4 is 16.6 Å². The Hall–Kier alpha value is -3.92. The molecular formula is C26H25ClF2N6O2. The van der Waals surface area contributed by atoms with Gasteiger partial charge in [0.15, 0.2) is 5.82 Å². The lowest BCUT2D eigenvalue weighted by Gasteiger charge is -2.23. The van der Waals surface area contributed by atoms with Crippen molar-refractivity contribution < 1.29 is 13.6 Å². The Morgan fingerprint density at radius 2 is 1.97 bits per heavy atom. The SMILES string of the molecule is CN=C1C(=CN)NC(=O)C(C)CCCC(n2cnc(-c3c(F)ccc(Cl)c3F)cc2=O)c2cc1ccn2. The summed E-state index contributed by atoms with van der Waals surface area (Å²) in [6, 6.07) is 6.13. The molecule has 0 aliphatic carbocycles. The molecule has 1 aromatic carbocycles. The molecule has 1 aliphatic heterocycles. The molecule has 11 heteroatoms. The Labute approximate surface area is 216 Å². The van der Waals surface area contributed by atoms with Crippen LogP contribution in [0.4, 0.5) is 8.78 Å². The van der Waals surface area contributed by atoms with E-state index in [1.807, 2.05) is 0 Å². The van der Waals surface area contributed by atoms with Crippen molar-refractivity contribution in [2.75, 3.05) is 7.05 Å². The first kappa shape index (κ1) is 26.2. The van der Waals surface area contributed by atoms with Crippen molar-refractivity contribution >= 4 is 23.2 Å². The van der Waals surface area contributed by atoms with Crippen LogP contribution in [0.3, 0.4) is 0 Å². The lowest BCUT2D eigenvalue weighted by atomic mass is 9.96. The van der Waals surface area contributed by atoms with E-state index in [1.54, 1.807) is 32.3 Å². The standard InChI is InChI=1S/C26H25ClF2N6O2/c1-14-4-3-5-21(18-10-15(8-9-32-18)25(31-2)20(12-30)34-26(14)37)35-13-33-19(11-22(35)36)23-17(28)7-6-16(27)24(23)29/h6-14,21H,3-5,30H2,1-2H3,(H,34,37). The number of nitrogens with zero attached hydrogens (tertiary/aromatic N) is 4. The topological polar surface area (TPSA) is 115 Å². The van der Waals surface area contributed by atoms with Crippen LogP contribution in [0.25, 0.3) is 11.3 Å². The van der Waals surface area contributed by atoms with E-state index in [4.69, 9.17) is 17.3 Å². The summed E-state index contributed by atoms with van der Waals surface area (Å²) >= 11 is 5.81. The monoisotopic (exact) mass is 526 g/mol. The van der Waals surface area contributed by atoms with Crippen molar-refractivity contribution in [1.29, 1.82) is 0 Å². The van der Waals surface area contributed by atoms with Gasteiger partial charge in [-0.15, -0.1) is 0 Å². The zero-order chi connectivity index (χ0) is 26.7. The maximum absolute atomic E-state index is 14.5. The highest BCUT2D eigenvalue weighted by atomic mass is 35.5. The highest BCUT2D eigenvalue weighted by molar-refractivity contribution is 6.31. The highest BCUT2D eigenvalue weighted by Crippen LogP contribution is 2.30. The van der Waals surface area contributed by atoms with Gasteiger partial charge in [0, 0.05) is 37.0 Å². The fourth-order valence-electron chi connectivity index (χ4n) is 4.34. The number of pyridine rings is 1. The maximum atomic E-state index is 14.5. The highest BCUT2D eigenvalue weighted by Gasteiger charge is 2.24. The molecule has 0 saturated heterocycles. The normalized spacial score (nSPS) is 20.8. The molecule has 4 rings (SSSR count). The van der Waals surface area contributed by atoms with Gasteiger partial charge in [0.1, 0.15) is 5.82 Å². The van der Waals surface area contributed by atoms with E-state index in [-0.39, 0.29) is 22.5 Å². The Morgan fingerprint density at radius 3 is 2.68 bits per heavy atom. The number of amides is 1. The van der Waals surface area contributed by atoms with Gasteiger partial charge < -0.3 is 11.1 Å². The number of fused-ring (bicyclic) bond motifs is 2. The van der Waals surface area contributed by atoms with Gasteiger partial charge in [0.05, 0.1) is 45.8 Å². The molecule has 3 N–H and O–H groups in total. The lowest BCUT2D eigenvalue weighted by molar-refractivity contribution is -0.123. The van der Waals surface area contributed by atoms with Crippen molar-refractivity contribution in [2.45, 2.75) is 32.2 Å².